The molecular weight excluding hydrogens is 406 g/mol. The third kappa shape index (κ3) is 5.15. The molecule has 1 fully saturated rings. The Balaban J connectivity index is 1.75. The third-order valence-electron chi connectivity index (χ3n) is 5.32. The van der Waals surface area contributed by atoms with E-state index in [9.17, 15) is 23.3 Å². The summed E-state index contributed by atoms with van der Waals surface area (Å²) < 4.78 is 24.8. The van der Waals surface area contributed by atoms with Crippen LogP contribution in [0.4, 0.5) is 11.4 Å². The molecule has 0 saturated carbocycles. The summed E-state index contributed by atoms with van der Waals surface area (Å²) in [5.74, 6) is -0.177. The van der Waals surface area contributed by atoms with Gasteiger partial charge in [-0.25, -0.2) is 8.42 Å². The molecule has 0 radical (unpaired) electrons. The van der Waals surface area contributed by atoms with E-state index in [1.54, 1.807) is 24.3 Å². The molecule has 0 aromatic heterocycles. The maximum atomic E-state index is 12.8. The minimum atomic E-state index is -3.53. The number of nitro benzene ring substituents is 1. The van der Waals surface area contributed by atoms with Crippen molar-refractivity contribution in [2.45, 2.75) is 24.7 Å². The Hall–Kier alpha value is -2.94. The van der Waals surface area contributed by atoms with E-state index in [4.69, 9.17) is 0 Å². The van der Waals surface area contributed by atoms with Crippen LogP contribution in [0, 0.1) is 16.0 Å². The number of nitrogens with zero attached hydrogens (tertiary/aromatic N) is 2. The van der Waals surface area contributed by atoms with Gasteiger partial charge in [-0.2, -0.15) is 0 Å². The second kappa shape index (κ2) is 9.25. The molecule has 1 saturated heterocycles. The molecule has 3 rings (SSSR count). The number of piperidine rings is 1. The monoisotopic (exact) mass is 431 g/mol. The molecule has 2 aromatic rings. The predicted octanol–water partition coefficient (Wildman–Crippen LogP) is 3.03. The number of anilines is 1. The first-order valence-electron chi connectivity index (χ1n) is 9.87. The molecule has 1 N–H and O–H groups in total. The lowest BCUT2D eigenvalue weighted by molar-refractivity contribution is -0.384. The number of hydrogen-bond acceptors (Lipinski definition) is 6. The number of benzene rings is 2. The van der Waals surface area contributed by atoms with E-state index in [2.05, 4.69) is 17.1 Å². The Morgan fingerprint density at radius 3 is 2.47 bits per heavy atom. The maximum absolute atomic E-state index is 12.8. The molecule has 1 heterocycles. The van der Waals surface area contributed by atoms with Gasteiger partial charge in [0.05, 0.1) is 26.8 Å². The fourth-order valence-corrected chi connectivity index (χ4v) is 4.66. The number of nitro groups is 1. The van der Waals surface area contributed by atoms with Crippen LogP contribution in [-0.4, -0.2) is 44.6 Å². The third-order valence-corrected chi connectivity index (χ3v) is 7.05. The van der Waals surface area contributed by atoms with E-state index < -0.39 is 20.7 Å². The number of rotatable bonds is 7. The van der Waals surface area contributed by atoms with Crippen LogP contribution in [0.3, 0.4) is 0 Å². The lowest BCUT2D eigenvalue weighted by Gasteiger charge is -2.33. The molecule has 30 heavy (non-hydrogen) atoms. The Kier molecular flexibility index (Phi) is 6.71. The van der Waals surface area contributed by atoms with Crippen LogP contribution in [-0.2, 0) is 9.84 Å². The van der Waals surface area contributed by atoms with Gasteiger partial charge in [-0.15, -0.1) is 0 Å². The van der Waals surface area contributed by atoms with Crippen molar-refractivity contribution in [3.05, 3.63) is 64.2 Å². The van der Waals surface area contributed by atoms with Crippen molar-refractivity contribution in [2.75, 3.05) is 30.3 Å². The van der Waals surface area contributed by atoms with E-state index in [0.29, 0.717) is 11.6 Å². The number of amides is 1. The van der Waals surface area contributed by atoms with Gasteiger partial charge in [0.1, 0.15) is 0 Å². The first kappa shape index (κ1) is 21.8. The van der Waals surface area contributed by atoms with Gasteiger partial charge in [0.2, 0.25) is 0 Å². The summed E-state index contributed by atoms with van der Waals surface area (Å²) in [5.41, 5.74) is 0.651. The van der Waals surface area contributed by atoms with Gasteiger partial charge < -0.3 is 10.2 Å². The second-order valence-electron chi connectivity index (χ2n) is 7.52. The molecule has 0 atom stereocenters. The van der Waals surface area contributed by atoms with Crippen LogP contribution in [0.1, 0.15) is 30.1 Å². The Morgan fingerprint density at radius 1 is 1.17 bits per heavy atom. The van der Waals surface area contributed by atoms with E-state index in [-0.39, 0.29) is 28.4 Å². The molecule has 0 unspecified atom stereocenters. The Labute approximate surface area is 176 Å². The highest BCUT2D eigenvalue weighted by Crippen LogP contribution is 2.29. The van der Waals surface area contributed by atoms with Gasteiger partial charge in [0.15, 0.2) is 9.84 Å². The Bertz CT molecular complexity index is 1020. The second-order valence-corrected chi connectivity index (χ2v) is 9.63. The SMILES string of the molecule is CC1CCN(c2ccc([N+](=O)[O-])cc2C(=O)NCCS(=O)(=O)c2ccccc2)CC1. The zero-order chi connectivity index (χ0) is 21.7. The molecule has 0 spiro atoms. The minimum absolute atomic E-state index is 0.0881. The lowest BCUT2D eigenvalue weighted by Crippen LogP contribution is -2.35. The average Bonchev–Trinajstić information content (AvgIpc) is 2.74. The molecule has 160 valence electrons. The van der Waals surface area contributed by atoms with Gasteiger partial charge in [0, 0.05) is 31.8 Å². The Morgan fingerprint density at radius 2 is 1.83 bits per heavy atom. The minimum Gasteiger partial charge on any atom is -0.371 e. The molecule has 8 nitrogen and oxygen atoms in total. The summed E-state index contributed by atoms with van der Waals surface area (Å²) in [6.45, 7) is 3.62. The van der Waals surface area contributed by atoms with Crippen LogP contribution < -0.4 is 10.2 Å². The quantitative estimate of drug-likeness (QED) is 0.533. The predicted molar refractivity (Wildman–Crippen MR) is 115 cm³/mol. The van der Waals surface area contributed by atoms with Crippen molar-refractivity contribution in [2.24, 2.45) is 5.92 Å². The first-order valence-corrected chi connectivity index (χ1v) is 11.5. The number of carbonyl (C=O) groups excluding carboxylic acids is 1. The van der Waals surface area contributed by atoms with Gasteiger partial charge >= 0.3 is 0 Å². The largest absolute Gasteiger partial charge is 0.371 e. The smallest absolute Gasteiger partial charge is 0.270 e. The highest BCUT2D eigenvalue weighted by Gasteiger charge is 2.24. The van der Waals surface area contributed by atoms with Gasteiger partial charge in [-0.05, 0) is 37.0 Å². The van der Waals surface area contributed by atoms with Gasteiger partial charge in [-0.1, -0.05) is 25.1 Å². The van der Waals surface area contributed by atoms with Crippen molar-refractivity contribution in [1.82, 2.24) is 5.32 Å². The number of sulfone groups is 1. The van der Waals surface area contributed by atoms with E-state index >= 15 is 0 Å². The van der Waals surface area contributed by atoms with E-state index in [1.165, 1.54) is 24.3 Å². The summed E-state index contributed by atoms with van der Waals surface area (Å²) >= 11 is 0. The van der Waals surface area contributed by atoms with Crippen molar-refractivity contribution in [3.8, 4) is 0 Å². The molecule has 1 aliphatic rings. The first-order chi connectivity index (χ1) is 14.3. The van der Waals surface area contributed by atoms with Crippen LogP contribution in [0.15, 0.2) is 53.4 Å². The molecule has 1 amide bonds. The summed E-state index contributed by atoms with van der Waals surface area (Å²) in [4.78, 5) is 25.7. The zero-order valence-electron chi connectivity index (χ0n) is 16.8. The summed E-state index contributed by atoms with van der Waals surface area (Å²) in [5, 5.41) is 13.8. The van der Waals surface area contributed by atoms with Crippen molar-refractivity contribution in [1.29, 1.82) is 0 Å². The van der Waals surface area contributed by atoms with Crippen LogP contribution >= 0.6 is 0 Å². The van der Waals surface area contributed by atoms with Crippen molar-refractivity contribution >= 4 is 27.1 Å². The fraction of sp³-hybridized carbons (Fsp3) is 0.381. The number of nitrogens with one attached hydrogen (secondary N) is 1. The van der Waals surface area contributed by atoms with Crippen LogP contribution in [0.25, 0.3) is 0 Å². The molecule has 0 aliphatic carbocycles. The normalized spacial score (nSPS) is 15.0. The molecule has 1 aliphatic heterocycles. The standard InChI is InChI=1S/C21H25N3O5S/c1-16-9-12-23(13-10-16)20-8-7-17(24(26)27)15-19(20)21(25)22-11-14-30(28,29)18-5-3-2-4-6-18/h2-8,15-16H,9-14H2,1H3,(H,22,25). The number of non-ortho nitro benzene ring substituents is 1. The zero-order valence-corrected chi connectivity index (χ0v) is 17.6. The van der Waals surface area contributed by atoms with Gasteiger partial charge in [-0.3, -0.25) is 14.9 Å². The topological polar surface area (TPSA) is 110 Å². The van der Waals surface area contributed by atoms with Crippen molar-refractivity contribution in [3.63, 3.8) is 0 Å². The van der Waals surface area contributed by atoms with Crippen LogP contribution in [0.5, 0.6) is 0 Å². The lowest BCUT2D eigenvalue weighted by atomic mass is 9.98. The van der Waals surface area contributed by atoms with Gasteiger partial charge in [0.25, 0.3) is 11.6 Å². The highest BCUT2D eigenvalue weighted by molar-refractivity contribution is 7.91. The maximum Gasteiger partial charge on any atom is 0.270 e. The molecule has 9 heteroatoms. The average molecular weight is 432 g/mol. The van der Waals surface area contributed by atoms with Crippen LogP contribution in [0.2, 0.25) is 0 Å². The number of carbonyl (C=O) groups is 1. The number of hydrogen-bond donors (Lipinski definition) is 1. The van der Waals surface area contributed by atoms with Crippen molar-refractivity contribution < 1.29 is 18.1 Å². The summed E-state index contributed by atoms with van der Waals surface area (Å²) in [7, 11) is -3.53. The highest BCUT2D eigenvalue weighted by atomic mass is 32.2. The summed E-state index contributed by atoms with van der Waals surface area (Å²) in [6.07, 6.45) is 1.96. The summed E-state index contributed by atoms with van der Waals surface area (Å²) in [6, 6.07) is 12.3. The molecule has 0 bridgehead atoms. The molecular formula is C21H25N3O5S. The molecule has 2 aromatic carbocycles. The fourth-order valence-electron chi connectivity index (χ4n) is 3.48. The van der Waals surface area contributed by atoms with E-state index in [0.717, 1.165) is 25.9 Å². The van der Waals surface area contributed by atoms with E-state index in [1.807, 2.05) is 0 Å².